The lowest BCUT2D eigenvalue weighted by molar-refractivity contribution is -0.140. The van der Waals surface area contributed by atoms with E-state index >= 15 is 0 Å². The third-order valence-corrected chi connectivity index (χ3v) is 5.16. The van der Waals surface area contributed by atoms with E-state index in [1.165, 1.54) is 22.2 Å². The van der Waals surface area contributed by atoms with Gasteiger partial charge in [0.1, 0.15) is 6.04 Å². The Balaban J connectivity index is 1.66. The fraction of sp³-hybridized carbons (Fsp3) is 0.467. The van der Waals surface area contributed by atoms with E-state index in [2.05, 4.69) is 12.1 Å². The van der Waals surface area contributed by atoms with Crippen molar-refractivity contribution in [3.63, 3.8) is 0 Å². The van der Waals surface area contributed by atoms with Gasteiger partial charge in [-0.05, 0) is 12.0 Å². The Labute approximate surface area is 127 Å². The van der Waals surface area contributed by atoms with Crippen molar-refractivity contribution >= 4 is 23.8 Å². The van der Waals surface area contributed by atoms with Gasteiger partial charge in [0.15, 0.2) is 0 Å². The third-order valence-electron chi connectivity index (χ3n) is 4.14. The fourth-order valence-electron chi connectivity index (χ4n) is 2.95. The number of urea groups is 1. The number of benzene rings is 1. The summed E-state index contributed by atoms with van der Waals surface area (Å²) in [5.41, 5.74) is 1.25. The van der Waals surface area contributed by atoms with Gasteiger partial charge in [-0.25, -0.2) is 9.59 Å². The van der Waals surface area contributed by atoms with Crippen LogP contribution < -0.4 is 0 Å². The molecule has 2 heterocycles. The van der Waals surface area contributed by atoms with Crippen LogP contribution in [0.2, 0.25) is 0 Å². The lowest BCUT2D eigenvalue weighted by Crippen LogP contribution is -2.48. The molecular formula is C15H18N2O3S. The van der Waals surface area contributed by atoms with Gasteiger partial charge >= 0.3 is 12.0 Å². The second-order valence-corrected chi connectivity index (χ2v) is 6.45. The maximum Gasteiger partial charge on any atom is 0.327 e. The molecule has 0 bridgehead atoms. The van der Waals surface area contributed by atoms with Gasteiger partial charge in [-0.15, -0.1) is 11.8 Å². The number of carboxylic acids is 1. The highest BCUT2D eigenvalue weighted by molar-refractivity contribution is 7.99. The van der Waals surface area contributed by atoms with Gasteiger partial charge in [0.2, 0.25) is 0 Å². The van der Waals surface area contributed by atoms with Crippen LogP contribution >= 0.6 is 11.8 Å². The lowest BCUT2D eigenvalue weighted by atomic mass is 9.99. The Bertz CT molecular complexity index is 537. The number of amides is 2. The van der Waals surface area contributed by atoms with Crippen molar-refractivity contribution in [1.29, 1.82) is 0 Å². The van der Waals surface area contributed by atoms with Crippen molar-refractivity contribution in [1.82, 2.24) is 9.80 Å². The topological polar surface area (TPSA) is 60.9 Å². The molecule has 0 spiro atoms. The Morgan fingerprint density at radius 3 is 2.71 bits per heavy atom. The van der Waals surface area contributed by atoms with E-state index in [1.54, 1.807) is 4.90 Å². The van der Waals surface area contributed by atoms with Gasteiger partial charge in [-0.1, -0.05) is 30.3 Å². The summed E-state index contributed by atoms with van der Waals surface area (Å²) in [7, 11) is 0. The van der Waals surface area contributed by atoms with Gasteiger partial charge in [-0.2, -0.15) is 0 Å². The van der Waals surface area contributed by atoms with Gasteiger partial charge in [0, 0.05) is 24.8 Å². The maximum atomic E-state index is 12.5. The Morgan fingerprint density at radius 1 is 1.24 bits per heavy atom. The predicted molar refractivity (Wildman–Crippen MR) is 81.4 cm³/mol. The minimum absolute atomic E-state index is 0.133. The second kappa shape index (κ2) is 5.97. The molecule has 0 aromatic heterocycles. The summed E-state index contributed by atoms with van der Waals surface area (Å²) in [6, 6.07) is 9.37. The summed E-state index contributed by atoms with van der Waals surface area (Å²) >= 11 is 1.50. The van der Waals surface area contributed by atoms with Crippen molar-refractivity contribution < 1.29 is 14.7 Å². The summed E-state index contributed by atoms with van der Waals surface area (Å²) in [5.74, 6) is 0.403. The molecule has 2 amide bonds. The van der Waals surface area contributed by atoms with Crippen LogP contribution in [0.4, 0.5) is 4.79 Å². The largest absolute Gasteiger partial charge is 0.480 e. The molecule has 21 heavy (non-hydrogen) atoms. The van der Waals surface area contributed by atoms with Gasteiger partial charge in [0.25, 0.3) is 0 Å². The first-order valence-corrected chi connectivity index (χ1v) is 8.23. The number of nitrogens with zero attached hydrogens (tertiary/aromatic N) is 2. The number of thioether (sulfide) groups is 1. The van der Waals surface area contributed by atoms with Crippen molar-refractivity contribution in [3.05, 3.63) is 35.9 Å². The molecule has 1 unspecified atom stereocenters. The van der Waals surface area contributed by atoms with Crippen LogP contribution in [0.3, 0.4) is 0 Å². The Hall–Kier alpha value is -1.69. The third kappa shape index (κ3) is 2.85. The smallest absolute Gasteiger partial charge is 0.327 e. The zero-order valence-electron chi connectivity index (χ0n) is 11.6. The quantitative estimate of drug-likeness (QED) is 0.908. The number of carboxylic acid groups (broad SMARTS) is 1. The molecule has 2 fully saturated rings. The van der Waals surface area contributed by atoms with Crippen LogP contribution in [0.25, 0.3) is 0 Å². The number of carbonyl (C=O) groups excluding carboxylic acids is 1. The average Bonchev–Trinajstić information content (AvgIpc) is 3.17. The minimum atomic E-state index is -0.910. The van der Waals surface area contributed by atoms with Crippen LogP contribution in [-0.2, 0) is 4.79 Å². The Morgan fingerprint density at radius 2 is 2.00 bits per heavy atom. The van der Waals surface area contributed by atoms with Gasteiger partial charge < -0.3 is 14.9 Å². The maximum absolute atomic E-state index is 12.5. The van der Waals surface area contributed by atoms with E-state index in [0.29, 0.717) is 30.6 Å². The predicted octanol–water partition coefficient (Wildman–Crippen LogP) is 2.06. The monoisotopic (exact) mass is 306 g/mol. The van der Waals surface area contributed by atoms with E-state index in [9.17, 15) is 14.7 Å². The highest BCUT2D eigenvalue weighted by Crippen LogP contribution is 2.30. The van der Waals surface area contributed by atoms with Crippen molar-refractivity contribution in [2.45, 2.75) is 18.4 Å². The number of hydrogen-bond donors (Lipinski definition) is 1. The summed E-state index contributed by atoms with van der Waals surface area (Å²) in [5, 5.41) is 9.18. The fourth-order valence-corrected chi connectivity index (χ4v) is 4.09. The number of likely N-dealkylation sites (tertiary alicyclic amines) is 1. The standard InChI is InChI=1S/C15H18N2O3S/c18-14(19)13-9-21-10-17(13)15(20)16-7-6-12(8-16)11-4-2-1-3-5-11/h1-5,12-13H,6-10H2,(H,18,19)/t12?,13-/m0/s1. The molecule has 2 saturated heterocycles. The van der Waals surface area contributed by atoms with Crippen LogP contribution in [0.5, 0.6) is 0 Å². The van der Waals surface area contributed by atoms with Crippen molar-refractivity contribution in [3.8, 4) is 0 Å². The summed E-state index contributed by atoms with van der Waals surface area (Å²) in [4.78, 5) is 27.0. The first-order valence-electron chi connectivity index (χ1n) is 7.08. The van der Waals surface area contributed by atoms with Crippen molar-refractivity contribution in [2.24, 2.45) is 0 Å². The zero-order chi connectivity index (χ0) is 14.8. The van der Waals surface area contributed by atoms with E-state index in [0.717, 1.165) is 6.42 Å². The second-order valence-electron chi connectivity index (χ2n) is 5.45. The lowest BCUT2D eigenvalue weighted by Gasteiger charge is -2.26. The molecule has 0 aliphatic carbocycles. The van der Waals surface area contributed by atoms with E-state index in [4.69, 9.17) is 0 Å². The summed E-state index contributed by atoms with van der Waals surface area (Å²) in [6.07, 6.45) is 0.939. The molecule has 2 aliphatic heterocycles. The number of carbonyl (C=O) groups is 2. The number of hydrogen-bond acceptors (Lipinski definition) is 3. The molecule has 3 rings (SSSR count). The Kier molecular flexibility index (Phi) is 4.05. The zero-order valence-corrected chi connectivity index (χ0v) is 12.5. The minimum Gasteiger partial charge on any atom is -0.480 e. The molecule has 6 heteroatoms. The average molecular weight is 306 g/mol. The molecule has 0 radical (unpaired) electrons. The molecule has 0 saturated carbocycles. The van der Waals surface area contributed by atoms with Crippen LogP contribution in [0, 0.1) is 0 Å². The molecule has 112 valence electrons. The molecule has 2 aliphatic rings. The molecule has 2 atom stereocenters. The first kappa shape index (κ1) is 14.3. The first-order chi connectivity index (χ1) is 10.2. The van der Waals surface area contributed by atoms with Crippen molar-refractivity contribution in [2.75, 3.05) is 24.7 Å². The van der Waals surface area contributed by atoms with Crippen LogP contribution in [-0.4, -0.2) is 57.7 Å². The molecular weight excluding hydrogens is 288 g/mol. The van der Waals surface area contributed by atoms with Gasteiger partial charge in [0.05, 0.1) is 5.88 Å². The number of aliphatic carboxylic acids is 1. The van der Waals surface area contributed by atoms with Crippen LogP contribution in [0.1, 0.15) is 17.9 Å². The molecule has 1 aromatic carbocycles. The normalized spacial score (nSPS) is 25.3. The van der Waals surface area contributed by atoms with E-state index < -0.39 is 12.0 Å². The van der Waals surface area contributed by atoms with E-state index in [-0.39, 0.29) is 6.03 Å². The summed E-state index contributed by atoms with van der Waals surface area (Å²) < 4.78 is 0. The molecule has 1 aromatic rings. The highest BCUT2D eigenvalue weighted by Gasteiger charge is 2.38. The number of rotatable bonds is 2. The van der Waals surface area contributed by atoms with Gasteiger partial charge in [-0.3, -0.25) is 0 Å². The highest BCUT2D eigenvalue weighted by atomic mass is 32.2. The van der Waals surface area contributed by atoms with E-state index in [1.807, 2.05) is 18.2 Å². The van der Waals surface area contributed by atoms with Crippen LogP contribution in [0.15, 0.2) is 30.3 Å². The molecule has 1 N–H and O–H groups in total. The SMILES string of the molecule is O=C(O)[C@@H]1CSCN1C(=O)N1CCC(c2ccccc2)C1. The summed E-state index contributed by atoms with van der Waals surface area (Å²) in [6.45, 7) is 1.38. The molecule has 5 nitrogen and oxygen atoms in total.